The molecule has 1 aromatic carbocycles. The number of amides is 1. The maximum absolute atomic E-state index is 11.9. The smallest absolute Gasteiger partial charge is 0.251 e. The molecule has 1 amide bonds. The third-order valence-corrected chi connectivity index (χ3v) is 3.58. The zero-order valence-corrected chi connectivity index (χ0v) is 11.8. The molecule has 0 saturated heterocycles. The van der Waals surface area contributed by atoms with Gasteiger partial charge in [0, 0.05) is 16.6 Å². The first-order valence-electron chi connectivity index (χ1n) is 6.14. The van der Waals surface area contributed by atoms with E-state index >= 15 is 0 Å². The summed E-state index contributed by atoms with van der Waals surface area (Å²) in [6.07, 6.45) is 0. The second-order valence-corrected chi connectivity index (χ2v) is 5.57. The van der Waals surface area contributed by atoms with Crippen LogP contribution in [0.2, 0.25) is 0 Å². The largest absolute Gasteiger partial charge is 0.399 e. The third-order valence-electron chi connectivity index (χ3n) is 2.71. The highest BCUT2D eigenvalue weighted by molar-refractivity contribution is 7.09. The topological polar surface area (TPSA) is 68.0 Å². The van der Waals surface area contributed by atoms with Gasteiger partial charge < -0.3 is 11.1 Å². The molecule has 0 aliphatic heterocycles. The van der Waals surface area contributed by atoms with Crippen molar-refractivity contribution in [1.82, 2.24) is 10.3 Å². The minimum atomic E-state index is -0.131. The molecule has 0 unspecified atom stereocenters. The average Bonchev–Trinajstić information content (AvgIpc) is 2.85. The maximum Gasteiger partial charge on any atom is 0.251 e. The molecule has 0 spiro atoms. The Bertz CT molecular complexity index is 578. The Labute approximate surface area is 116 Å². The lowest BCUT2D eigenvalue weighted by Gasteiger charge is -2.04. The molecule has 2 rings (SSSR count). The molecule has 5 heteroatoms. The Balaban J connectivity index is 1.96. The van der Waals surface area contributed by atoms with Crippen LogP contribution in [-0.2, 0) is 6.54 Å². The molecule has 1 aromatic heterocycles. The summed E-state index contributed by atoms with van der Waals surface area (Å²) in [5, 5.41) is 5.80. The summed E-state index contributed by atoms with van der Waals surface area (Å²) < 4.78 is 0. The second-order valence-electron chi connectivity index (χ2n) is 4.63. The number of nitrogens with two attached hydrogens (primary N) is 1. The van der Waals surface area contributed by atoms with E-state index in [0.29, 0.717) is 23.7 Å². The van der Waals surface area contributed by atoms with Gasteiger partial charge in [0.1, 0.15) is 5.01 Å². The lowest BCUT2D eigenvalue weighted by molar-refractivity contribution is 0.0951. The molecule has 4 nitrogen and oxygen atoms in total. The summed E-state index contributed by atoms with van der Waals surface area (Å²) in [6, 6.07) is 6.93. The molecule has 0 aliphatic carbocycles. The van der Waals surface area contributed by atoms with Crippen LogP contribution in [0.15, 0.2) is 29.6 Å². The number of anilines is 1. The van der Waals surface area contributed by atoms with Gasteiger partial charge in [-0.05, 0) is 24.1 Å². The van der Waals surface area contributed by atoms with Gasteiger partial charge in [0.05, 0.1) is 12.2 Å². The predicted octanol–water partition coefficient (Wildman–Crippen LogP) is 2.78. The van der Waals surface area contributed by atoms with Crippen LogP contribution in [0.3, 0.4) is 0 Å². The molecule has 0 bridgehead atoms. The fraction of sp³-hybridized carbons (Fsp3) is 0.286. The van der Waals surface area contributed by atoms with E-state index in [1.807, 2.05) is 5.38 Å². The highest BCUT2D eigenvalue weighted by atomic mass is 32.1. The quantitative estimate of drug-likeness (QED) is 0.843. The Kier molecular flexibility index (Phi) is 4.16. The van der Waals surface area contributed by atoms with E-state index in [2.05, 4.69) is 24.1 Å². The van der Waals surface area contributed by atoms with Gasteiger partial charge in [-0.1, -0.05) is 19.9 Å². The van der Waals surface area contributed by atoms with Crippen LogP contribution in [0, 0.1) is 0 Å². The third kappa shape index (κ3) is 3.54. The first kappa shape index (κ1) is 13.5. The predicted molar refractivity (Wildman–Crippen MR) is 78.2 cm³/mol. The number of benzene rings is 1. The highest BCUT2D eigenvalue weighted by Crippen LogP contribution is 2.17. The molecule has 2 aromatic rings. The van der Waals surface area contributed by atoms with Gasteiger partial charge in [-0.2, -0.15) is 0 Å². The van der Waals surface area contributed by atoms with Gasteiger partial charge in [0.25, 0.3) is 5.91 Å². The Hall–Kier alpha value is -1.88. The van der Waals surface area contributed by atoms with E-state index in [1.165, 1.54) is 0 Å². The van der Waals surface area contributed by atoms with Gasteiger partial charge in [0.2, 0.25) is 0 Å². The average molecular weight is 275 g/mol. The fourth-order valence-corrected chi connectivity index (χ4v) is 2.50. The zero-order valence-electron chi connectivity index (χ0n) is 11.0. The molecule has 3 N–H and O–H groups in total. The van der Waals surface area contributed by atoms with Gasteiger partial charge in [-0.15, -0.1) is 11.3 Å². The van der Waals surface area contributed by atoms with Crippen LogP contribution in [-0.4, -0.2) is 10.9 Å². The van der Waals surface area contributed by atoms with Gasteiger partial charge >= 0.3 is 0 Å². The molecule has 19 heavy (non-hydrogen) atoms. The van der Waals surface area contributed by atoms with Crippen molar-refractivity contribution in [1.29, 1.82) is 0 Å². The van der Waals surface area contributed by atoms with Crippen LogP contribution in [0.1, 0.15) is 40.8 Å². The van der Waals surface area contributed by atoms with Crippen LogP contribution >= 0.6 is 11.3 Å². The molecule has 0 atom stereocenters. The standard InChI is InChI=1S/C14H17N3OS/c1-9(2)12-8-19-13(17-12)7-16-14(18)10-4-3-5-11(15)6-10/h3-6,8-9H,7,15H2,1-2H3,(H,16,18). The van der Waals surface area contributed by atoms with E-state index in [1.54, 1.807) is 35.6 Å². The maximum atomic E-state index is 11.9. The summed E-state index contributed by atoms with van der Waals surface area (Å²) in [4.78, 5) is 16.4. The van der Waals surface area contributed by atoms with E-state index in [4.69, 9.17) is 5.73 Å². The summed E-state index contributed by atoms with van der Waals surface area (Å²) in [7, 11) is 0. The Morgan fingerprint density at radius 3 is 2.89 bits per heavy atom. The first-order valence-corrected chi connectivity index (χ1v) is 7.02. The highest BCUT2D eigenvalue weighted by Gasteiger charge is 2.08. The summed E-state index contributed by atoms with van der Waals surface area (Å²) in [6.45, 7) is 4.65. The number of rotatable bonds is 4. The number of carbonyl (C=O) groups excluding carboxylic acids is 1. The number of hydrogen-bond acceptors (Lipinski definition) is 4. The van der Waals surface area contributed by atoms with Crippen molar-refractivity contribution >= 4 is 22.9 Å². The van der Waals surface area contributed by atoms with Crippen LogP contribution < -0.4 is 11.1 Å². The van der Waals surface area contributed by atoms with Crippen LogP contribution in [0.4, 0.5) is 5.69 Å². The molecule has 0 aliphatic rings. The monoisotopic (exact) mass is 275 g/mol. The van der Waals surface area contributed by atoms with Gasteiger partial charge in [-0.3, -0.25) is 4.79 Å². The minimum Gasteiger partial charge on any atom is -0.399 e. The van der Waals surface area contributed by atoms with E-state index < -0.39 is 0 Å². The number of nitrogens with one attached hydrogen (secondary N) is 1. The second kappa shape index (κ2) is 5.84. The lowest BCUT2D eigenvalue weighted by atomic mass is 10.2. The number of hydrogen-bond donors (Lipinski definition) is 2. The van der Waals surface area contributed by atoms with Crippen molar-refractivity contribution in [2.24, 2.45) is 0 Å². The summed E-state index contributed by atoms with van der Waals surface area (Å²) in [5.74, 6) is 0.281. The minimum absolute atomic E-state index is 0.131. The SMILES string of the molecule is CC(C)c1csc(CNC(=O)c2cccc(N)c2)n1. The summed E-state index contributed by atoms with van der Waals surface area (Å²) in [5.41, 5.74) is 7.87. The zero-order chi connectivity index (χ0) is 13.8. The molecule has 0 saturated carbocycles. The fourth-order valence-electron chi connectivity index (χ4n) is 1.61. The molecular weight excluding hydrogens is 258 g/mol. The van der Waals surface area contributed by atoms with Gasteiger partial charge in [-0.25, -0.2) is 4.98 Å². The van der Waals surface area contributed by atoms with Crippen molar-refractivity contribution in [3.8, 4) is 0 Å². The van der Waals surface area contributed by atoms with Crippen molar-refractivity contribution < 1.29 is 4.79 Å². The lowest BCUT2D eigenvalue weighted by Crippen LogP contribution is -2.22. The van der Waals surface area contributed by atoms with Crippen molar-refractivity contribution in [2.75, 3.05) is 5.73 Å². The number of nitrogen functional groups attached to an aromatic ring is 1. The number of thiazole rings is 1. The Morgan fingerprint density at radius 2 is 2.26 bits per heavy atom. The van der Waals surface area contributed by atoms with Crippen molar-refractivity contribution in [3.05, 3.63) is 45.9 Å². The molecule has 0 radical (unpaired) electrons. The normalized spacial score (nSPS) is 10.7. The molecular formula is C14H17N3OS. The Morgan fingerprint density at radius 1 is 1.47 bits per heavy atom. The van der Waals surface area contributed by atoms with Gasteiger partial charge in [0.15, 0.2) is 0 Å². The van der Waals surface area contributed by atoms with E-state index in [0.717, 1.165) is 10.7 Å². The van der Waals surface area contributed by atoms with Crippen molar-refractivity contribution in [2.45, 2.75) is 26.3 Å². The molecule has 0 fully saturated rings. The number of nitrogens with zero attached hydrogens (tertiary/aromatic N) is 1. The van der Waals surface area contributed by atoms with E-state index in [-0.39, 0.29) is 5.91 Å². The number of aromatic nitrogens is 1. The van der Waals surface area contributed by atoms with E-state index in [9.17, 15) is 4.79 Å². The molecule has 1 heterocycles. The first-order chi connectivity index (χ1) is 9.06. The van der Waals surface area contributed by atoms with Crippen molar-refractivity contribution in [3.63, 3.8) is 0 Å². The summed E-state index contributed by atoms with van der Waals surface area (Å²) >= 11 is 1.57. The van der Waals surface area contributed by atoms with Crippen LogP contribution in [0.5, 0.6) is 0 Å². The van der Waals surface area contributed by atoms with Crippen LogP contribution in [0.25, 0.3) is 0 Å². The molecule has 100 valence electrons. The number of carbonyl (C=O) groups is 1.